The van der Waals surface area contributed by atoms with Gasteiger partial charge in [-0.1, -0.05) is 6.07 Å². The molecular formula is C14H18NO. The maximum absolute atomic E-state index is 5.29. The Labute approximate surface area is 97.2 Å². The number of piperidine rings is 1. The highest BCUT2D eigenvalue weighted by Gasteiger charge is 2.29. The van der Waals surface area contributed by atoms with Gasteiger partial charge in [-0.3, -0.25) is 4.90 Å². The fourth-order valence-electron chi connectivity index (χ4n) is 2.94. The van der Waals surface area contributed by atoms with E-state index in [1.54, 1.807) is 7.11 Å². The summed E-state index contributed by atoms with van der Waals surface area (Å²) in [7, 11) is 1.74. The summed E-state index contributed by atoms with van der Waals surface area (Å²) in [5.74, 6) is 0.993. The van der Waals surface area contributed by atoms with Crippen LogP contribution in [0.3, 0.4) is 0 Å². The number of methoxy groups -OCH3 is 1. The second-order valence-corrected chi connectivity index (χ2v) is 4.68. The van der Waals surface area contributed by atoms with Gasteiger partial charge in [0.05, 0.1) is 7.11 Å². The summed E-state index contributed by atoms with van der Waals surface area (Å²) in [4.78, 5) is 2.62. The second kappa shape index (κ2) is 4.10. The number of benzene rings is 1. The van der Waals surface area contributed by atoms with Crippen LogP contribution in [0.5, 0.6) is 5.75 Å². The van der Waals surface area contributed by atoms with Gasteiger partial charge in [-0.05, 0) is 55.5 Å². The summed E-state index contributed by atoms with van der Waals surface area (Å²) in [6, 6.07) is 7.19. The molecule has 85 valence electrons. The molecule has 0 aliphatic carbocycles. The molecule has 2 nitrogen and oxygen atoms in total. The van der Waals surface area contributed by atoms with Crippen LogP contribution in [0.2, 0.25) is 0 Å². The minimum atomic E-state index is 0.628. The third-order valence-corrected chi connectivity index (χ3v) is 3.83. The summed E-state index contributed by atoms with van der Waals surface area (Å²) >= 11 is 0. The quantitative estimate of drug-likeness (QED) is 0.715. The first-order valence-electron chi connectivity index (χ1n) is 6.11. The molecule has 0 bridgehead atoms. The molecule has 1 unspecified atom stereocenters. The van der Waals surface area contributed by atoms with Crippen molar-refractivity contribution in [2.45, 2.75) is 25.3 Å². The van der Waals surface area contributed by atoms with Crippen molar-refractivity contribution in [3.8, 4) is 5.75 Å². The van der Waals surface area contributed by atoms with Gasteiger partial charge in [0.1, 0.15) is 5.75 Å². The van der Waals surface area contributed by atoms with Crippen LogP contribution < -0.4 is 4.74 Å². The van der Waals surface area contributed by atoms with E-state index in [2.05, 4.69) is 29.5 Å². The van der Waals surface area contributed by atoms with E-state index in [-0.39, 0.29) is 0 Å². The molecule has 1 saturated heterocycles. The maximum atomic E-state index is 5.29. The molecule has 1 aromatic rings. The zero-order valence-electron chi connectivity index (χ0n) is 9.78. The van der Waals surface area contributed by atoms with Gasteiger partial charge < -0.3 is 4.74 Å². The van der Waals surface area contributed by atoms with Gasteiger partial charge in [-0.2, -0.15) is 0 Å². The summed E-state index contributed by atoms with van der Waals surface area (Å²) < 4.78 is 5.29. The largest absolute Gasteiger partial charge is 0.497 e. The molecule has 1 radical (unpaired) electrons. The van der Waals surface area contributed by atoms with Crippen molar-refractivity contribution in [1.29, 1.82) is 0 Å². The van der Waals surface area contributed by atoms with E-state index in [0.717, 1.165) is 5.75 Å². The van der Waals surface area contributed by atoms with Crippen LogP contribution >= 0.6 is 0 Å². The third kappa shape index (κ3) is 1.61. The highest BCUT2D eigenvalue weighted by molar-refractivity contribution is 5.39. The van der Waals surface area contributed by atoms with Crippen molar-refractivity contribution in [2.24, 2.45) is 0 Å². The van der Waals surface area contributed by atoms with E-state index in [0.29, 0.717) is 6.04 Å². The molecule has 1 atom stereocenters. The topological polar surface area (TPSA) is 12.5 Å². The fraction of sp³-hybridized carbons (Fsp3) is 0.500. The number of rotatable bonds is 1. The van der Waals surface area contributed by atoms with E-state index < -0.39 is 0 Å². The lowest BCUT2D eigenvalue weighted by Gasteiger charge is -2.40. The predicted molar refractivity (Wildman–Crippen MR) is 64.5 cm³/mol. The summed E-state index contributed by atoms with van der Waals surface area (Å²) in [6.45, 7) is 2.44. The highest BCUT2D eigenvalue weighted by atomic mass is 16.5. The Morgan fingerprint density at radius 3 is 3.12 bits per heavy atom. The molecule has 2 aliphatic heterocycles. The Kier molecular flexibility index (Phi) is 2.60. The lowest BCUT2D eigenvalue weighted by atomic mass is 9.87. The smallest absolute Gasteiger partial charge is 0.119 e. The molecule has 16 heavy (non-hydrogen) atoms. The van der Waals surface area contributed by atoms with Crippen LogP contribution in [0.4, 0.5) is 0 Å². The fourth-order valence-corrected chi connectivity index (χ4v) is 2.94. The average molecular weight is 216 g/mol. The molecular weight excluding hydrogens is 198 g/mol. The predicted octanol–water partition coefficient (Wildman–Crippen LogP) is 2.59. The van der Waals surface area contributed by atoms with Crippen LogP contribution in [0.25, 0.3) is 0 Å². The van der Waals surface area contributed by atoms with E-state index in [9.17, 15) is 0 Å². The SMILES string of the molecule is COc1ccc2c(c1)CCN1CC[CH]CC21. The maximum Gasteiger partial charge on any atom is 0.119 e. The van der Waals surface area contributed by atoms with Gasteiger partial charge in [0, 0.05) is 12.6 Å². The Hall–Kier alpha value is -1.02. The van der Waals surface area contributed by atoms with Gasteiger partial charge in [0.2, 0.25) is 0 Å². The van der Waals surface area contributed by atoms with E-state index in [1.165, 1.54) is 43.5 Å². The first kappa shape index (κ1) is 10.2. The molecule has 0 spiro atoms. The summed E-state index contributed by atoms with van der Waals surface area (Å²) in [5.41, 5.74) is 3.00. The molecule has 1 fully saturated rings. The molecule has 0 aromatic heterocycles. The zero-order chi connectivity index (χ0) is 11.0. The van der Waals surface area contributed by atoms with Crippen LogP contribution in [-0.4, -0.2) is 25.1 Å². The normalized spacial score (nSPS) is 24.7. The molecule has 1 aromatic carbocycles. The lowest BCUT2D eigenvalue weighted by molar-refractivity contribution is 0.161. The standard InChI is InChI=1S/C14H18NO/c1-16-12-5-6-13-11(10-12)7-9-15-8-3-2-4-14(13)15/h2,5-6,10,14H,3-4,7-9H2,1H3. The van der Waals surface area contributed by atoms with Crippen molar-refractivity contribution >= 4 is 0 Å². The number of nitrogens with zero attached hydrogens (tertiary/aromatic N) is 1. The second-order valence-electron chi connectivity index (χ2n) is 4.68. The van der Waals surface area contributed by atoms with Crippen LogP contribution in [0, 0.1) is 6.42 Å². The van der Waals surface area contributed by atoms with E-state index in [1.807, 2.05) is 0 Å². The molecule has 2 heterocycles. The number of fused-ring (bicyclic) bond motifs is 3. The monoisotopic (exact) mass is 216 g/mol. The Morgan fingerprint density at radius 2 is 2.25 bits per heavy atom. The van der Waals surface area contributed by atoms with Crippen LogP contribution in [0.15, 0.2) is 18.2 Å². The third-order valence-electron chi connectivity index (χ3n) is 3.83. The van der Waals surface area contributed by atoms with Crippen LogP contribution in [-0.2, 0) is 6.42 Å². The van der Waals surface area contributed by atoms with Gasteiger partial charge in [0.25, 0.3) is 0 Å². The lowest BCUT2D eigenvalue weighted by Crippen LogP contribution is -2.38. The molecule has 3 rings (SSSR count). The summed E-state index contributed by atoms with van der Waals surface area (Å²) in [6.07, 6.45) is 6.06. The Morgan fingerprint density at radius 1 is 1.31 bits per heavy atom. The van der Waals surface area contributed by atoms with Crippen LogP contribution in [0.1, 0.15) is 30.0 Å². The molecule has 0 amide bonds. The zero-order valence-corrected chi connectivity index (χ0v) is 9.78. The van der Waals surface area contributed by atoms with Gasteiger partial charge >= 0.3 is 0 Å². The Bertz CT molecular complexity index is 388. The number of hydrogen-bond acceptors (Lipinski definition) is 2. The Balaban J connectivity index is 1.96. The number of hydrogen-bond donors (Lipinski definition) is 0. The average Bonchev–Trinajstić information content (AvgIpc) is 2.38. The van der Waals surface area contributed by atoms with E-state index >= 15 is 0 Å². The molecule has 0 N–H and O–H groups in total. The first-order chi connectivity index (χ1) is 7.88. The first-order valence-corrected chi connectivity index (χ1v) is 6.11. The van der Waals surface area contributed by atoms with Crippen molar-refractivity contribution in [2.75, 3.05) is 20.2 Å². The molecule has 0 saturated carbocycles. The highest BCUT2D eigenvalue weighted by Crippen LogP contribution is 2.37. The van der Waals surface area contributed by atoms with Gasteiger partial charge in [-0.15, -0.1) is 0 Å². The number of ether oxygens (including phenoxy) is 1. The summed E-state index contributed by atoms with van der Waals surface area (Å²) in [5, 5.41) is 0. The van der Waals surface area contributed by atoms with Crippen molar-refractivity contribution < 1.29 is 4.74 Å². The van der Waals surface area contributed by atoms with Gasteiger partial charge in [0.15, 0.2) is 0 Å². The van der Waals surface area contributed by atoms with E-state index in [4.69, 9.17) is 4.74 Å². The van der Waals surface area contributed by atoms with Crippen molar-refractivity contribution in [3.05, 3.63) is 35.7 Å². The van der Waals surface area contributed by atoms with Gasteiger partial charge in [-0.25, -0.2) is 0 Å². The minimum Gasteiger partial charge on any atom is -0.497 e. The minimum absolute atomic E-state index is 0.628. The molecule has 2 aliphatic rings. The van der Waals surface area contributed by atoms with Crippen molar-refractivity contribution in [1.82, 2.24) is 4.90 Å². The molecule has 2 heteroatoms. The van der Waals surface area contributed by atoms with Crippen molar-refractivity contribution in [3.63, 3.8) is 0 Å².